The number of benzene rings is 1. The number of para-hydroxylation sites is 1. The predicted octanol–water partition coefficient (Wildman–Crippen LogP) is 3.26. The van der Waals surface area contributed by atoms with Gasteiger partial charge in [0.05, 0.1) is 5.52 Å². The number of hydrogen-bond acceptors (Lipinski definition) is 2. The molecule has 0 saturated carbocycles. The fourth-order valence-electron chi connectivity index (χ4n) is 2.02. The van der Waals surface area contributed by atoms with Crippen molar-refractivity contribution in [1.29, 1.82) is 0 Å². The highest BCUT2D eigenvalue weighted by Gasteiger charge is 2.09. The Bertz CT molecular complexity index is 703. The van der Waals surface area contributed by atoms with Crippen LogP contribution in [0.5, 0.6) is 5.75 Å². The summed E-state index contributed by atoms with van der Waals surface area (Å²) in [5.74, 6) is 0.274. The van der Waals surface area contributed by atoms with Crippen LogP contribution in [-0.4, -0.2) is 14.5 Å². The highest BCUT2D eigenvalue weighted by molar-refractivity contribution is 9.10. The molecule has 0 amide bonds. The van der Waals surface area contributed by atoms with E-state index < -0.39 is 0 Å². The van der Waals surface area contributed by atoms with Crippen LogP contribution in [0.3, 0.4) is 0 Å². The molecule has 0 atom stereocenters. The standard InChI is InChI=1S/C12H9BrN2O/c1-7-5-11-14-10(13)6-15(11)12-8(7)3-2-4-9(12)16/h2-6,16H,1H3. The second kappa shape index (κ2) is 3.22. The summed E-state index contributed by atoms with van der Waals surface area (Å²) in [7, 11) is 0. The first-order chi connectivity index (χ1) is 7.66. The van der Waals surface area contributed by atoms with Crippen molar-refractivity contribution in [2.45, 2.75) is 6.92 Å². The summed E-state index contributed by atoms with van der Waals surface area (Å²) in [6.07, 6.45) is 1.86. The second-order valence-electron chi connectivity index (χ2n) is 3.79. The molecule has 1 N–H and O–H groups in total. The van der Waals surface area contributed by atoms with E-state index in [-0.39, 0.29) is 5.75 Å². The smallest absolute Gasteiger partial charge is 0.140 e. The van der Waals surface area contributed by atoms with E-state index in [2.05, 4.69) is 20.9 Å². The highest BCUT2D eigenvalue weighted by atomic mass is 79.9. The Kier molecular flexibility index (Phi) is 1.94. The first kappa shape index (κ1) is 9.66. The first-order valence-electron chi connectivity index (χ1n) is 4.93. The van der Waals surface area contributed by atoms with Gasteiger partial charge in [0.1, 0.15) is 16.0 Å². The van der Waals surface area contributed by atoms with Crippen molar-refractivity contribution in [1.82, 2.24) is 9.38 Å². The number of halogens is 1. The molecule has 0 aliphatic carbocycles. The average molecular weight is 277 g/mol. The number of phenols is 1. The van der Waals surface area contributed by atoms with Gasteiger partial charge in [0.25, 0.3) is 0 Å². The Balaban J connectivity index is 2.66. The molecule has 0 bridgehead atoms. The molecule has 2 heterocycles. The van der Waals surface area contributed by atoms with Gasteiger partial charge in [-0.15, -0.1) is 0 Å². The van der Waals surface area contributed by atoms with Crippen LogP contribution in [0, 0.1) is 6.92 Å². The summed E-state index contributed by atoms with van der Waals surface area (Å²) in [4.78, 5) is 4.33. The monoisotopic (exact) mass is 276 g/mol. The van der Waals surface area contributed by atoms with Gasteiger partial charge < -0.3 is 5.11 Å². The summed E-state index contributed by atoms with van der Waals surface area (Å²) >= 11 is 3.35. The van der Waals surface area contributed by atoms with Gasteiger partial charge in [-0.1, -0.05) is 12.1 Å². The van der Waals surface area contributed by atoms with Gasteiger partial charge in [-0.3, -0.25) is 4.40 Å². The van der Waals surface area contributed by atoms with Gasteiger partial charge in [0.15, 0.2) is 0 Å². The van der Waals surface area contributed by atoms with E-state index in [0.717, 1.165) is 26.7 Å². The zero-order chi connectivity index (χ0) is 11.3. The maximum Gasteiger partial charge on any atom is 0.140 e. The lowest BCUT2D eigenvalue weighted by Crippen LogP contribution is -1.90. The van der Waals surface area contributed by atoms with Crippen LogP contribution in [0.4, 0.5) is 0 Å². The molecule has 1 aromatic carbocycles. The minimum Gasteiger partial charge on any atom is -0.506 e. The number of nitrogens with zero attached hydrogens (tertiary/aromatic N) is 2. The molecule has 16 heavy (non-hydrogen) atoms. The third kappa shape index (κ3) is 1.23. The van der Waals surface area contributed by atoms with Crippen molar-refractivity contribution >= 4 is 32.5 Å². The lowest BCUT2D eigenvalue weighted by Gasteiger charge is -2.06. The third-order valence-corrected chi connectivity index (χ3v) is 3.11. The SMILES string of the molecule is Cc1cc2nc(Br)cn2c2c(O)cccc12. The van der Waals surface area contributed by atoms with Gasteiger partial charge in [0, 0.05) is 11.6 Å². The zero-order valence-electron chi connectivity index (χ0n) is 8.61. The molecule has 3 aromatic rings. The first-order valence-corrected chi connectivity index (χ1v) is 5.72. The second-order valence-corrected chi connectivity index (χ2v) is 4.60. The molecule has 3 rings (SSSR count). The number of aryl methyl sites for hydroxylation is 1. The molecule has 0 fully saturated rings. The normalized spacial score (nSPS) is 11.4. The molecule has 3 nitrogen and oxygen atoms in total. The highest BCUT2D eigenvalue weighted by Crippen LogP contribution is 2.29. The van der Waals surface area contributed by atoms with Gasteiger partial charge in [-0.05, 0) is 40.5 Å². The molecule has 0 aliphatic heterocycles. The van der Waals surface area contributed by atoms with Gasteiger partial charge >= 0.3 is 0 Å². The molecule has 80 valence electrons. The van der Waals surface area contributed by atoms with E-state index in [9.17, 15) is 5.11 Å². The molecule has 0 spiro atoms. The molecule has 0 aliphatic rings. The van der Waals surface area contributed by atoms with Crippen LogP contribution in [0.15, 0.2) is 35.1 Å². The number of aromatic hydroxyl groups is 1. The summed E-state index contributed by atoms with van der Waals surface area (Å²) in [6.45, 7) is 2.02. The Labute approximate surface area is 100 Å². The van der Waals surface area contributed by atoms with E-state index in [1.165, 1.54) is 0 Å². The van der Waals surface area contributed by atoms with Crippen molar-refractivity contribution in [2.75, 3.05) is 0 Å². The molecule has 0 radical (unpaired) electrons. The lowest BCUT2D eigenvalue weighted by atomic mass is 10.1. The van der Waals surface area contributed by atoms with Crippen molar-refractivity contribution in [3.8, 4) is 5.75 Å². The van der Waals surface area contributed by atoms with Crippen molar-refractivity contribution in [3.05, 3.63) is 40.6 Å². The number of fused-ring (bicyclic) bond motifs is 3. The Hall–Kier alpha value is -1.55. The predicted molar refractivity (Wildman–Crippen MR) is 66.8 cm³/mol. The maximum absolute atomic E-state index is 9.94. The van der Waals surface area contributed by atoms with Crippen LogP contribution in [-0.2, 0) is 0 Å². The van der Waals surface area contributed by atoms with Crippen LogP contribution < -0.4 is 0 Å². The van der Waals surface area contributed by atoms with E-state index in [4.69, 9.17) is 0 Å². The topological polar surface area (TPSA) is 37.5 Å². The minimum absolute atomic E-state index is 0.274. The van der Waals surface area contributed by atoms with Gasteiger partial charge in [-0.25, -0.2) is 4.98 Å². The molecule has 4 heteroatoms. The molecule has 0 saturated heterocycles. The fourth-order valence-corrected chi connectivity index (χ4v) is 2.41. The summed E-state index contributed by atoms with van der Waals surface area (Å²) in [5, 5.41) is 11.0. The number of phenolic OH excluding ortho intramolecular Hbond substituents is 1. The number of rotatable bonds is 0. The van der Waals surface area contributed by atoms with Crippen LogP contribution in [0.25, 0.3) is 16.6 Å². The fraction of sp³-hybridized carbons (Fsp3) is 0.0833. The van der Waals surface area contributed by atoms with Crippen molar-refractivity contribution in [3.63, 3.8) is 0 Å². The Morgan fingerprint density at radius 2 is 2.19 bits per heavy atom. The Morgan fingerprint density at radius 3 is 3.00 bits per heavy atom. The van der Waals surface area contributed by atoms with E-state index in [1.807, 2.05) is 35.7 Å². The molecular weight excluding hydrogens is 268 g/mol. The lowest BCUT2D eigenvalue weighted by molar-refractivity contribution is 0.480. The largest absolute Gasteiger partial charge is 0.506 e. The Morgan fingerprint density at radius 1 is 1.38 bits per heavy atom. The zero-order valence-corrected chi connectivity index (χ0v) is 10.2. The summed E-state index contributed by atoms with van der Waals surface area (Å²) < 4.78 is 2.66. The molecular formula is C12H9BrN2O. The molecule has 2 aromatic heterocycles. The van der Waals surface area contributed by atoms with Crippen molar-refractivity contribution < 1.29 is 5.11 Å². The number of pyridine rings is 1. The maximum atomic E-state index is 9.94. The van der Waals surface area contributed by atoms with E-state index >= 15 is 0 Å². The number of imidazole rings is 1. The minimum atomic E-state index is 0.274. The number of hydrogen-bond donors (Lipinski definition) is 1. The third-order valence-electron chi connectivity index (χ3n) is 2.73. The van der Waals surface area contributed by atoms with E-state index in [0.29, 0.717) is 0 Å². The van der Waals surface area contributed by atoms with Gasteiger partial charge in [-0.2, -0.15) is 0 Å². The van der Waals surface area contributed by atoms with Crippen LogP contribution >= 0.6 is 15.9 Å². The average Bonchev–Trinajstić information content (AvgIpc) is 2.59. The van der Waals surface area contributed by atoms with Crippen LogP contribution in [0.2, 0.25) is 0 Å². The van der Waals surface area contributed by atoms with Crippen molar-refractivity contribution in [2.24, 2.45) is 0 Å². The van der Waals surface area contributed by atoms with Gasteiger partial charge in [0.2, 0.25) is 0 Å². The quantitative estimate of drug-likeness (QED) is 0.684. The summed E-state index contributed by atoms with van der Waals surface area (Å²) in [5.41, 5.74) is 2.74. The van der Waals surface area contributed by atoms with Crippen LogP contribution in [0.1, 0.15) is 5.56 Å². The summed E-state index contributed by atoms with van der Waals surface area (Å²) in [6, 6.07) is 7.54. The number of aromatic nitrogens is 2. The molecule has 0 unspecified atom stereocenters. The van der Waals surface area contributed by atoms with E-state index in [1.54, 1.807) is 6.07 Å².